The second-order valence-corrected chi connectivity index (χ2v) is 37.4. The van der Waals surface area contributed by atoms with Crippen molar-refractivity contribution >= 4 is 67.1 Å². The number of aryl methyl sites for hydroxylation is 36. The Morgan fingerprint density at radius 1 is 0.193 bits per heavy atom. The first-order valence-electron chi connectivity index (χ1n) is 48.2. The average Bonchev–Trinajstić information content (AvgIpc) is 1.76. The van der Waals surface area contributed by atoms with Crippen LogP contribution in [0, 0.1) is 249 Å². The molecule has 32 heteroatoms. The highest BCUT2D eigenvalue weighted by Crippen LogP contribution is 2.23. The van der Waals surface area contributed by atoms with E-state index in [4.69, 9.17) is 0 Å². The molecule has 24 aromatic heterocycles. The van der Waals surface area contributed by atoms with Gasteiger partial charge in [-0.05, 0) is 402 Å². The SMILES string of the molecule is C.Cc1cc(C)c2ccc(C)n2n1.Cc1cc(C)c2ncc(C)n2c1.Cc1cc(C)c2ncc(C)n2n1.Cc1cc(C)c2ncc(C)n2n1.Cc1cc(C)n2ccc(C)c2n1.Cc1cc(C)n2ncc(C)c2n1.Cc1cc2c(C)ccn2c(C)n1.Cc1cc2c(C)ccn2c(C)n1.Cc1cn2c(C)ccc2c(C)n1.Cc1nc(C)c2ccc(C)n2n1.Cc1nc(C)c2nnc(C)n2n1.Cc1nc(C)n2ccc(C)c2n1. The fraction of sp³-hybridized carbons (Fsp3) is 0.327. The van der Waals surface area contributed by atoms with E-state index in [2.05, 4.69) is 329 Å². The second kappa shape index (κ2) is 45.8. The minimum Gasteiger partial charge on any atom is -0.318 e. The van der Waals surface area contributed by atoms with Gasteiger partial charge in [-0.1, -0.05) is 13.5 Å². The summed E-state index contributed by atoms with van der Waals surface area (Å²) in [6, 6.07) is 37.6. The summed E-state index contributed by atoms with van der Waals surface area (Å²) in [5.41, 5.74) is 46.0. The minimum atomic E-state index is 0. The first kappa shape index (κ1) is 108. The highest BCUT2D eigenvalue weighted by Gasteiger charge is 2.14. The van der Waals surface area contributed by atoms with E-state index in [-0.39, 0.29) is 7.43 Å². The minimum absolute atomic E-state index is 0. The Hall–Kier alpha value is -16.3. The highest BCUT2D eigenvalue weighted by atomic mass is 15.4. The third kappa shape index (κ3) is 25.1. The van der Waals surface area contributed by atoms with Gasteiger partial charge in [-0.15, -0.1) is 15.3 Å². The molecule has 24 aromatic rings. The molecule has 32 nitrogen and oxygen atoms in total. The van der Waals surface area contributed by atoms with Crippen LogP contribution in [0.15, 0.2) is 171 Å². The molecule has 24 rings (SSSR count). The van der Waals surface area contributed by atoms with E-state index in [1.54, 1.807) is 4.52 Å². The molecule has 0 bridgehead atoms. The summed E-state index contributed by atoms with van der Waals surface area (Å²) in [4.78, 5) is 51.9. The van der Waals surface area contributed by atoms with Gasteiger partial charge in [0.2, 0.25) is 0 Å². The quantitative estimate of drug-likeness (QED) is 0.136. The molecule has 0 amide bonds. The van der Waals surface area contributed by atoms with Crippen molar-refractivity contribution in [3.8, 4) is 0 Å². The summed E-state index contributed by atoms with van der Waals surface area (Å²) in [6.07, 6.45) is 19.8. The van der Waals surface area contributed by atoms with E-state index in [0.29, 0.717) is 0 Å². The van der Waals surface area contributed by atoms with Crippen molar-refractivity contribution in [3.05, 3.63) is 376 Å². The van der Waals surface area contributed by atoms with Gasteiger partial charge in [-0.25, -0.2) is 77.4 Å². The lowest BCUT2D eigenvalue weighted by Crippen LogP contribution is -2.01. The van der Waals surface area contributed by atoms with Crippen molar-refractivity contribution in [1.29, 1.82) is 0 Å². The number of hydrogen-bond donors (Lipinski definition) is 0. The fourth-order valence-corrected chi connectivity index (χ4v) is 17.4. The third-order valence-electron chi connectivity index (χ3n) is 24.4. The van der Waals surface area contributed by atoms with Crippen LogP contribution in [-0.2, 0) is 0 Å². The topological polar surface area (TPSA) is 311 Å². The number of nitrogens with zero attached hydrogens (tertiary/aromatic N) is 32. The van der Waals surface area contributed by atoms with Crippen molar-refractivity contribution in [3.63, 3.8) is 0 Å². The average molecular weight is 1950 g/mol. The summed E-state index contributed by atoms with van der Waals surface area (Å²) in [7, 11) is 0. The smallest absolute Gasteiger partial charge is 0.199 e. The Labute approximate surface area is 848 Å². The molecule has 0 saturated carbocycles. The highest BCUT2D eigenvalue weighted by molar-refractivity contribution is 5.60. The van der Waals surface area contributed by atoms with Crippen LogP contribution in [0.4, 0.5) is 0 Å². The summed E-state index contributed by atoms with van der Waals surface area (Å²) in [5, 5.41) is 33.7. The number of imidazole rings is 3. The lowest BCUT2D eigenvalue weighted by Gasteiger charge is -2.02. The standard InChI is InChI=1S/6C10H12N2.5C9H11N3.C7H9N5.CH4/c1-7-4-8(2)10-11-5-9(3)12(10)6-7;1-7-6-8(2)11-12-9(3)4-5-10(7)12;1-7-6-12-8(2)4-5-10(12)9(3)11-7;2*1-7-4-5-12-9(3)11-8(2)6-10(7)12;1-7-4-5-12-9(3)6-8(2)11-10(7)12;1-6-5-10-12-8(3)4-7(2)11-9(6)12;2*1-6-4-7(2)11-12-8(3)5-10-9(6)12;1-6-4-5-12-8(3)10-7(2)11-9(6)12;1-6-4-5-9-7(2)10-8(3)11-12(6)9;1-4-7-10-9-6(3)12(7)11-5(2)8-4;/h6*4-6H,1-3H3;5*4-5H,1-3H3;1-3H3;1H4. The lowest BCUT2D eigenvalue weighted by molar-refractivity contribution is 0.807. The fourth-order valence-electron chi connectivity index (χ4n) is 17.4. The molecule has 0 aliphatic rings. The molecule has 0 N–H and O–H groups in total. The van der Waals surface area contributed by atoms with Crippen molar-refractivity contribution in [2.45, 2.75) is 257 Å². The zero-order chi connectivity index (χ0) is 105. The van der Waals surface area contributed by atoms with E-state index >= 15 is 0 Å². The van der Waals surface area contributed by atoms with Gasteiger partial charge in [0.15, 0.2) is 28.4 Å². The summed E-state index contributed by atoms with van der Waals surface area (Å²) < 4.78 is 23.9. The van der Waals surface area contributed by atoms with E-state index in [0.717, 1.165) is 177 Å². The zero-order valence-corrected chi connectivity index (χ0v) is 90.5. The van der Waals surface area contributed by atoms with Gasteiger partial charge in [-0.3, -0.25) is 9.38 Å². The predicted octanol–water partition coefficient (Wildman–Crippen LogP) is 22.9. The molecule has 0 spiro atoms. The Morgan fingerprint density at radius 2 is 0.628 bits per heavy atom. The first-order valence-corrected chi connectivity index (χ1v) is 48.2. The molecule has 145 heavy (non-hydrogen) atoms. The van der Waals surface area contributed by atoms with Gasteiger partial charge in [0.05, 0.1) is 97.4 Å². The third-order valence-corrected chi connectivity index (χ3v) is 24.4. The van der Waals surface area contributed by atoms with E-state index in [1.807, 2.05) is 241 Å². The van der Waals surface area contributed by atoms with Crippen LogP contribution in [0.3, 0.4) is 0 Å². The normalized spacial score (nSPS) is 10.8. The molecule has 0 atom stereocenters. The number of pyridine rings is 1. The lowest BCUT2D eigenvalue weighted by atomic mass is 10.2. The van der Waals surface area contributed by atoms with Crippen molar-refractivity contribution in [2.24, 2.45) is 0 Å². The van der Waals surface area contributed by atoms with Gasteiger partial charge in [0.25, 0.3) is 0 Å². The van der Waals surface area contributed by atoms with Crippen LogP contribution >= 0.6 is 0 Å². The van der Waals surface area contributed by atoms with Gasteiger partial charge in [-0.2, -0.15) is 30.0 Å². The summed E-state index contributed by atoms with van der Waals surface area (Å²) in [6.45, 7) is 72.9. The number of aromatic nitrogens is 32. The maximum atomic E-state index is 4.46. The van der Waals surface area contributed by atoms with Crippen LogP contribution in [0.25, 0.3) is 67.1 Å². The molecule has 0 aliphatic carbocycles. The van der Waals surface area contributed by atoms with Gasteiger partial charge in [0, 0.05) is 106 Å². The molecule has 0 radical (unpaired) electrons. The summed E-state index contributed by atoms with van der Waals surface area (Å²) >= 11 is 0. The van der Waals surface area contributed by atoms with Crippen LogP contribution in [0.2, 0.25) is 0 Å². The van der Waals surface area contributed by atoms with Crippen LogP contribution in [0.5, 0.6) is 0 Å². The van der Waals surface area contributed by atoms with E-state index < -0.39 is 0 Å². The van der Waals surface area contributed by atoms with Gasteiger partial charge < -0.3 is 22.0 Å². The zero-order valence-electron chi connectivity index (χ0n) is 90.5. The van der Waals surface area contributed by atoms with Crippen LogP contribution < -0.4 is 0 Å². The molecule has 752 valence electrons. The molecule has 0 saturated heterocycles. The number of hydrogen-bond acceptors (Lipinski definition) is 20. The molecular weight excluding hydrogens is 1810 g/mol. The molecule has 0 aliphatic heterocycles. The predicted molar refractivity (Wildman–Crippen MR) is 582 cm³/mol. The largest absolute Gasteiger partial charge is 0.318 e. The van der Waals surface area contributed by atoms with Crippen LogP contribution in [0.1, 0.15) is 212 Å². The Balaban J connectivity index is 0.000000141. The molecule has 0 aromatic carbocycles. The second-order valence-electron chi connectivity index (χ2n) is 37.4. The Morgan fingerprint density at radius 3 is 1.20 bits per heavy atom. The number of rotatable bonds is 0. The van der Waals surface area contributed by atoms with Gasteiger partial charge in [0.1, 0.15) is 51.9 Å². The van der Waals surface area contributed by atoms with Crippen LogP contribution in [-0.4, -0.2) is 154 Å². The summed E-state index contributed by atoms with van der Waals surface area (Å²) in [5.74, 6) is 6.28. The van der Waals surface area contributed by atoms with Crippen molar-refractivity contribution < 1.29 is 0 Å². The van der Waals surface area contributed by atoms with Crippen molar-refractivity contribution in [1.82, 2.24) is 154 Å². The first-order chi connectivity index (χ1) is 68.2. The maximum absolute atomic E-state index is 4.46. The molecule has 0 fully saturated rings. The van der Waals surface area contributed by atoms with Crippen molar-refractivity contribution in [2.75, 3.05) is 0 Å². The van der Waals surface area contributed by atoms with Gasteiger partial charge >= 0.3 is 0 Å². The van der Waals surface area contributed by atoms with E-state index in [9.17, 15) is 0 Å². The molecular formula is C113H140N32. The molecule has 0 unspecified atom stereocenters. The number of fused-ring (bicyclic) bond motifs is 12. The maximum Gasteiger partial charge on any atom is 0.199 e. The Kier molecular flexibility index (Phi) is 33.9. The Bertz CT molecular complexity index is 6940. The molecule has 24 heterocycles. The van der Waals surface area contributed by atoms with E-state index in [1.165, 1.54) is 94.9 Å². The monoisotopic (exact) mass is 1950 g/mol.